The van der Waals surface area contributed by atoms with Gasteiger partial charge in [-0.15, -0.1) is 0 Å². The Hall–Kier alpha value is 0.200. The fraction of sp³-hybridized carbons (Fsp3) is 1.00. The molecule has 0 aromatic rings. The molecule has 0 saturated carbocycles. The lowest BCUT2D eigenvalue weighted by Crippen LogP contribution is -2.20. The number of rotatable bonds is 5. The minimum absolute atomic E-state index is 0.122. The molecule has 0 saturated heterocycles. The molecule has 2 nitrogen and oxygen atoms in total. The lowest BCUT2D eigenvalue weighted by atomic mass is 10.6. The fourth-order valence-electron chi connectivity index (χ4n) is 0.315. The molecular weight excluding hydrogens is 129 g/mol. The number of nitrogens with one attached hydrogen (secondary N) is 1. The van der Waals surface area contributed by atoms with E-state index in [4.69, 9.17) is 5.11 Å². The van der Waals surface area contributed by atoms with Crippen LogP contribution in [0.15, 0.2) is 0 Å². The fourth-order valence-corrected chi connectivity index (χ4v) is 0.536. The second-order valence-electron chi connectivity index (χ2n) is 1.29. The Morgan fingerprint density at radius 3 is 2.75 bits per heavy atom. The Morgan fingerprint density at radius 1 is 1.50 bits per heavy atom. The van der Waals surface area contributed by atoms with Crippen LogP contribution in [-0.4, -0.2) is 30.6 Å². The standard InChI is InChI=1S/C4H10FNOS/c5-8-4-2-6-1-3-7/h6-7H,1-4H2. The van der Waals surface area contributed by atoms with Crippen LogP contribution in [0.5, 0.6) is 0 Å². The molecule has 2 N–H and O–H groups in total. The molecule has 0 unspecified atom stereocenters. The molecule has 0 heterocycles. The van der Waals surface area contributed by atoms with E-state index >= 15 is 0 Å². The smallest absolute Gasteiger partial charge is 0.0555 e. The Labute approximate surface area is 52.8 Å². The zero-order valence-corrected chi connectivity index (χ0v) is 5.38. The summed E-state index contributed by atoms with van der Waals surface area (Å²) in [6.07, 6.45) is 0. The van der Waals surface area contributed by atoms with Crippen LogP contribution in [0.3, 0.4) is 0 Å². The van der Waals surface area contributed by atoms with Crippen molar-refractivity contribution in [1.82, 2.24) is 5.32 Å². The molecule has 0 rings (SSSR count). The van der Waals surface area contributed by atoms with Crippen LogP contribution in [0.4, 0.5) is 3.89 Å². The zero-order chi connectivity index (χ0) is 6.24. The lowest BCUT2D eigenvalue weighted by molar-refractivity contribution is 0.294. The third kappa shape index (κ3) is 6.20. The monoisotopic (exact) mass is 139 g/mol. The van der Waals surface area contributed by atoms with Crippen LogP contribution < -0.4 is 5.32 Å². The second-order valence-corrected chi connectivity index (χ2v) is 1.91. The predicted octanol–water partition coefficient (Wildman–Crippen LogP) is 0.186. The van der Waals surface area contributed by atoms with Gasteiger partial charge >= 0.3 is 0 Å². The maximum absolute atomic E-state index is 11.2. The van der Waals surface area contributed by atoms with Gasteiger partial charge in [-0.1, -0.05) is 0 Å². The highest BCUT2D eigenvalue weighted by Gasteiger charge is 1.83. The van der Waals surface area contributed by atoms with E-state index in [0.29, 0.717) is 31.0 Å². The highest BCUT2D eigenvalue weighted by Crippen LogP contribution is 1.95. The molecule has 0 aliphatic heterocycles. The average molecular weight is 139 g/mol. The molecule has 50 valence electrons. The molecular formula is C4H10FNOS. The van der Waals surface area contributed by atoms with Crippen molar-refractivity contribution in [1.29, 1.82) is 0 Å². The molecule has 0 radical (unpaired) electrons. The molecule has 0 atom stereocenters. The highest BCUT2D eigenvalue weighted by atomic mass is 32.2. The summed E-state index contributed by atoms with van der Waals surface area (Å²) in [5, 5.41) is 11.0. The average Bonchev–Trinajstić information content (AvgIpc) is 1.81. The van der Waals surface area contributed by atoms with Gasteiger partial charge < -0.3 is 10.4 Å². The summed E-state index contributed by atoms with van der Waals surface area (Å²) >= 11 is 0.308. The summed E-state index contributed by atoms with van der Waals surface area (Å²) in [4.78, 5) is 0. The van der Waals surface area contributed by atoms with Crippen molar-refractivity contribution in [2.75, 3.05) is 25.4 Å². The van der Waals surface area contributed by atoms with Crippen molar-refractivity contribution in [3.63, 3.8) is 0 Å². The van der Waals surface area contributed by atoms with Crippen molar-refractivity contribution in [3.05, 3.63) is 0 Å². The largest absolute Gasteiger partial charge is 0.395 e. The number of aliphatic hydroxyl groups excluding tert-OH is 1. The molecule has 0 fully saturated rings. The molecule has 4 heteroatoms. The maximum atomic E-state index is 11.2. The molecule has 8 heavy (non-hydrogen) atoms. The summed E-state index contributed by atoms with van der Waals surface area (Å²) in [6.45, 7) is 1.30. The minimum atomic E-state index is 0.122. The van der Waals surface area contributed by atoms with Crippen LogP contribution >= 0.6 is 12.1 Å². The van der Waals surface area contributed by atoms with Gasteiger partial charge in [-0.25, -0.2) is 0 Å². The van der Waals surface area contributed by atoms with E-state index in [1.165, 1.54) is 0 Å². The number of aliphatic hydroxyl groups is 1. The first-order valence-corrected chi connectivity index (χ1v) is 3.35. The first-order chi connectivity index (χ1) is 3.91. The topological polar surface area (TPSA) is 32.3 Å². The normalized spacial score (nSPS) is 9.75. The van der Waals surface area contributed by atoms with Crippen molar-refractivity contribution in [2.45, 2.75) is 0 Å². The van der Waals surface area contributed by atoms with Gasteiger partial charge in [0.25, 0.3) is 0 Å². The van der Waals surface area contributed by atoms with Crippen LogP contribution in [0.1, 0.15) is 0 Å². The van der Waals surface area contributed by atoms with Gasteiger partial charge in [0.1, 0.15) is 0 Å². The maximum Gasteiger partial charge on any atom is 0.0555 e. The van der Waals surface area contributed by atoms with Crippen LogP contribution in [0.25, 0.3) is 0 Å². The molecule has 0 bridgehead atoms. The predicted molar refractivity (Wildman–Crippen MR) is 33.5 cm³/mol. The quantitative estimate of drug-likeness (QED) is 0.533. The van der Waals surface area contributed by atoms with Crippen LogP contribution in [0.2, 0.25) is 0 Å². The molecule has 0 spiro atoms. The number of hydrogen-bond donors (Lipinski definition) is 2. The Kier molecular flexibility index (Phi) is 7.38. The van der Waals surface area contributed by atoms with Gasteiger partial charge in [-0.05, 0) is 0 Å². The van der Waals surface area contributed by atoms with Crippen molar-refractivity contribution in [3.8, 4) is 0 Å². The van der Waals surface area contributed by atoms with Gasteiger partial charge in [0, 0.05) is 31.0 Å². The molecule has 0 aromatic carbocycles. The SMILES string of the molecule is OCCNCCSF. The molecule has 0 amide bonds. The van der Waals surface area contributed by atoms with E-state index in [-0.39, 0.29) is 6.61 Å². The second kappa shape index (κ2) is 7.20. The van der Waals surface area contributed by atoms with E-state index < -0.39 is 0 Å². The van der Waals surface area contributed by atoms with Gasteiger partial charge in [0.05, 0.1) is 6.61 Å². The van der Waals surface area contributed by atoms with Crippen molar-refractivity contribution in [2.24, 2.45) is 0 Å². The van der Waals surface area contributed by atoms with E-state index in [1.807, 2.05) is 0 Å². The van der Waals surface area contributed by atoms with E-state index in [1.54, 1.807) is 0 Å². The summed E-state index contributed by atoms with van der Waals surface area (Å²) < 4.78 is 11.2. The van der Waals surface area contributed by atoms with Gasteiger partial charge in [0.2, 0.25) is 0 Å². The molecule has 0 aliphatic rings. The Balaban J connectivity index is 2.53. The summed E-state index contributed by atoms with van der Waals surface area (Å²) in [5.74, 6) is 0.458. The summed E-state index contributed by atoms with van der Waals surface area (Å²) in [5.41, 5.74) is 0. The minimum Gasteiger partial charge on any atom is -0.395 e. The zero-order valence-electron chi connectivity index (χ0n) is 4.56. The first kappa shape index (κ1) is 8.20. The van der Waals surface area contributed by atoms with Crippen LogP contribution in [0, 0.1) is 0 Å². The van der Waals surface area contributed by atoms with E-state index in [2.05, 4.69) is 5.32 Å². The van der Waals surface area contributed by atoms with Crippen molar-refractivity contribution >= 4 is 12.1 Å². The third-order valence-corrected chi connectivity index (χ3v) is 1.00. The number of halogens is 1. The van der Waals surface area contributed by atoms with E-state index in [0.717, 1.165) is 0 Å². The van der Waals surface area contributed by atoms with Gasteiger partial charge in [-0.3, -0.25) is 0 Å². The molecule has 0 aromatic heterocycles. The van der Waals surface area contributed by atoms with Gasteiger partial charge in [0.15, 0.2) is 0 Å². The highest BCUT2D eigenvalue weighted by molar-refractivity contribution is 7.94. The first-order valence-electron chi connectivity index (χ1n) is 2.47. The van der Waals surface area contributed by atoms with Crippen LogP contribution in [-0.2, 0) is 0 Å². The third-order valence-electron chi connectivity index (χ3n) is 0.645. The van der Waals surface area contributed by atoms with Gasteiger partial charge in [-0.2, -0.15) is 3.89 Å². The Morgan fingerprint density at radius 2 is 2.25 bits per heavy atom. The van der Waals surface area contributed by atoms with E-state index in [9.17, 15) is 3.89 Å². The number of hydrogen-bond acceptors (Lipinski definition) is 3. The van der Waals surface area contributed by atoms with Crippen molar-refractivity contribution < 1.29 is 8.99 Å². The Bertz CT molecular complexity index is 41.0. The lowest BCUT2D eigenvalue weighted by Gasteiger charge is -1.95. The summed E-state index contributed by atoms with van der Waals surface area (Å²) in [7, 11) is 0. The summed E-state index contributed by atoms with van der Waals surface area (Å²) in [6, 6.07) is 0. The molecule has 0 aliphatic carbocycles.